The maximum absolute atomic E-state index is 5.73. The molecular formula is C16H22N2O2S. The van der Waals surface area contributed by atoms with E-state index >= 15 is 0 Å². The third kappa shape index (κ3) is 5.36. The van der Waals surface area contributed by atoms with Crippen LogP contribution < -0.4 is 14.8 Å². The zero-order chi connectivity index (χ0) is 15.1. The van der Waals surface area contributed by atoms with Crippen LogP contribution in [0.5, 0.6) is 11.5 Å². The van der Waals surface area contributed by atoms with Gasteiger partial charge < -0.3 is 14.8 Å². The van der Waals surface area contributed by atoms with E-state index in [0.717, 1.165) is 28.7 Å². The number of hydrogen-bond donors (Lipinski definition) is 1. The maximum Gasteiger partial charge on any atom is 0.131 e. The van der Waals surface area contributed by atoms with E-state index in [2.05, 4.69) is 24.1 Å². The Kier molecular flexibility index (Phi) is 6.02. The third-order valence-corrected chi connectivity index (χ3v) is 3.68. The monoisotopic (exact) mass is 306 g/mol. The number of rotatable bonds is 8. The molecule has 4 nitrogen and oxygen atoms in total. The van der Waals surface area contributed by atoms with E-state index < -0.39 is 0 Å². The number of nitrogens with one attached hydrogen (secondary N) is 1. The molecule has 1 N–H and O–H groups in total. The van der Waals surface area contributed by atoms with Crippen LogP contribution in [0.2, 0.25) is 0 Å². The Bertz CT molecular complexity index is 537. The van der Waals surface area contributed by atoms with Gasteiger partial charge in [0, 0.05) is 18.0 Å². The smallest absolute Gasteiger partial charge is 0.131 e. The molecule has 0 aliphatic carbocycles. The highest BCUT2D eigenvalue weighted by Crippen LogP contribution is 2.19. The van der Waals surface area contributed by atoms with E-state index in [1.807, 2.05) is 36.6 Å². The van der Waals surface area contributed by atoms with Crippen LogP contribution in [0.1, 0.15) is 31.5 Å². The van der Waals surface area contributed by atoms with Gasteiger partial charge in [0.15, 0.2) is 0 Å². The van der Waals surface area contributed by atoms with Gasteiger partial charge in [-0.3, -0.25) is 0 Å². The standard InChI is InChI=1S/C16H22N2O2S/c1-4-19-14-5-7-15(8-6-14)20-10-13-11-21-16(18-13)9-17-12(2)3/h5-8,11-12,17H,4,9-10H2,1-3H3. The molecule has 0 radical (unpaired) electrons. The highest BCUT2D eigenvalue weighted by atomic mass is 32.1. The second kappa shape index (κ2) is 8.00. The molecule has 1 aromatic heterocycles. The second-order valence-electron chi connectivity index (χ2n) is 4.96. The van der Waals surface area contributed by atoms with Gasteiger partial charge in [-0.25, -0.2) is 4.98 Å². The lowest BCUT2D eigenvalue weighted by Crippen LogP contribution is -2.21. The average Bonchev–Trinajstić information content (AvgIpc) is 2.93. The van der Waals surface area contributed by atoms with Gasteiger partial charge in [0.1, 0.15) is 23.1 Å². The van der Waals surface area contributed by atoms with Gasteiger partial charge in [0.25, 0.3) is 0 Å². The fraction of sp³-hybridized carbons (Fsp3) is 0.438. The minimum absolute atomic E-state index is 0.470. The Morgan fingerprint density at radius 2 is 1.81 bits per heavy atom. The first-order valence-corrected chi connectivity index (χ1v) is 8.07. The summed E-state index contributed by atoms with van der Waals surface area (Å²) in [5, 5.41) is 6.50. The van der Waals surface area contributed by atoms with Crippen molar-refractivity contribution in [3.05, 3.63) is 40.3 Å². The summed E-state index contributed by atoms with van der Waals surface area (Å²) < 4.78 is 11.1. The van der Waals surface area contributed by atoms with Crippen LogP contribution in [0.4, 0.5) is 0 Å². The summed E-state index contributed by atoms with van der Waals surface area (Å²) in [6, 6.07) is 8.13. The van der Waals surface area contributed by atoms with E-state index in [4.69, 9.17) is 9.47 Å². The first kappa shape index (κ1) is 15.8. The highest BCUT2D eigenvalue weighted by Gasteiger charge is 2.04. The van der Waals surface area contributed by atoms with Crippen molar-refractivity contribution in [2.45, 2.75) is 40.0 Å². The van der Waals surface area contributed by atoms with Crippen LogP contribution in [0.15, 0.2) is 29.6 Å². The highest BCUT2D eigenvalue weighted by molar-refractivity contribution is 7.09. The Morgan fingerprint density at radius 1 is 1.14 bits per heavy atom. The predicted molar refractivity (Wildman–Crippen MR) is 86.0 cm³/mol. The molecule has 0 spiro atoms. The van der Waals surface area contributed by atoms with Gasteiger partial charge in [0.05, 0.1) is 12.3 Å². The topological polar surface area (TPSA) is 43.4 Å². The molecule has 0 atom stereocenters. The Balaban J connectivity index is 1.82. The van der Waals surface area contributed by atoms with Crippen molar-refractivity contribution in [3.63, 3.8) is 0 Å². The number of hydrogen-bond acceptors (Lipinski definition) is 5. The zero-order valence-corrected chi connectivity index (χ0v) is 13.6. The molecule has 0 aliphatic rings. The van der Waals surface area contributed by atoms with Crippen molar-refractivity contribution < 1.29 is 9.47 Å². The lowest BCUT2D eigenvalue weighted by atomic mass is 10.3. The number of aromatic nitrogens is 1. The zero-order valence-electron chi connectivity index (χ0n) is 12.8. The average molecular weight is 306 g/mol. The van der Waals surface area contributed by atoms with Crippen LogP contribution in [0.3, 0.4) is 0 Å². The summed E-state index contributed by atoms with van der Waals surface area (Å²) in [5.74, 6) is 1.69. The van der Waals surface area contributed by atoms with Gasteiger partial charge in [-0.1, -0.05) is 13.8 Å². The van der Waals surface area contributed by atoms with Crippen molar-refractivity contribution in [2.24, 2.45) is 0 Å². The molecule has 1 aromatic carbocycles. The van der Waals surface area contributed by atoms with Crippen LogP contribution >= 0.6 is 11.3 Å². The van der Waals surface area contributed by atoms with Crippen molar-refractivity contribution in [1.82, 2.24) is 10.3 Å². The fourth-order valence-electron chi connectivity index (χ4n) is 1.74. The minimum Gasteiger partial charge on any atom is -0.494 e. The molecule has 0 bridgehead atoms. The minimum atomic E-state index is 0.470. The second-order valence-corrected chi connectivity index (χ2v) is 5.90. The summed E-state index contributed by atoms with van der Waals surface area (Å²) in [4.78, 5) is 4.55. The van der Waals surface area contributed by atoms with Crippen LogP contribution in [-0.2, 0) is 13.2 Å². The van der Waals surface area contributed by atoms with Crippen molar-refractivity contribution in [3.8, 4) is 11.5 Å². The third-order valence-electron chi connectivity index (χ3n) is 2.78. The van der Waals surface area contributed by atoms with E-state index in [0.29, 0.717) is 19.3 Å². The molecule has 0 saturated carbocycles. The molecule has 2 aromatic rings. The molecule has 2 rings (SSSR count). The molecule has 21 heavy (non-hydrogen) atoms. The Hall–Kier alpha value is -1.59. The molecule has 0 unspecified atom stereocenters. The van der Waals surface area contributed by atoms with Crippen LogP contribution in [0, 0.1) is 0 Å². The van der Waals surface area contributed by atoms with Crippen molar-refractivity contribution in [2.75, 3.05) is 6.61 Å². The molecule has 1 heterocycles. The normalized spacial score (nSPS) is 10.9. The summed E-state index contributed by atoms with van der Waals surface area (Å²) in [6.07, 6.45) is 0. The summed E-state index contributed by atoms with van der Waals surface area (Å²) >= 11 is 1.66. The molecule has 0 aliphatic heterocycles. The number of thiazole rings is 1. The van der Waals surface area contributed by atoms with Crippen molar-refractivity contribution >= 4 is 11.3 Å². The number of ether oxygens (including phenoxy) is 2. The lowest BCUT2D eigenvalue weighted by molar-refractivity contribution is 0.300. The van der Waals surface area contributed by atoms with Crippen LogP contribution in [-0.4, -0.2) is 17.6 Å². The van der Waals surface area contributed by atoms with E-state index in [1.54, 1.807) is 11.3 Å². The Labute approximate surface area is 130 Å². The van der Waals surface area contributed by atoms with Gasteiger partial charge in [-0.05, 0) is 31.2 Å². The molecule has 0 saturated heterocycles. The summed E-state index contributed by atoms with van der Waals surface area (Å²) in [5.41, 5.74) is 0.967. The molecule has 0 amide bonds. The first-order valence-electron chi connectivity index (χ1n) is 7.19. The Morgan fingerprint density at radius 3 is 2.43 bits per heavy atom. The summed E-state index contributed by atoms with van der Waals surface area (Å²) in [6.45, 7) is 8.20. The predicted octanol–water partition coefficient (Wildman–Crippen LogP) is 3.62. The van der Waals surface area contributed by atoms with Crippen molar-refractivity contribution in [1.29, 1.82) is 0 Å². The van der Waals surface area contributed by atoms with Gasteiger partial charge in [0.2, 0.25) is 0 Å². The molecule has 114 valence electrons. The van der Waals surface area contributed by atoms with Crippen LogP contribution in [0.25, 0.3) is 0 Å². The van der Waals surface area contributed by atoms with E-state index in [1.165, 1.54) is 0 Å². The van der Waals surface area contributed by atoms with E-state index in [9.17, 15) is 0 Å². The number of nitrogens with zero attached hydrogens (tertiary/aromatic N) is 1. The molecule has 5 heteroatoms. The van der Waals surface area contributed by atoms with Gasteiger partial charge in [-0.2, -0.15) is 0 Å². The SMILES string of the molecule is CCOc1ccc(OCc2csc(CNC(C)C)n2)cc1. The fourth-order valence-corrected chi connectivity index (χ4v) is 2.47. The lowest BCUT2D eigenvalue weighted by Gasteiger charge is -2.06. The summed E-state index contributed by atoms with van der Waals surface area (Å²) in [7, 11) is 0. The molecule has 0 fully saturated rings. The van der Waals surface area contributed by atoms with Gasteiger partial charge in [-0.15, -0.1) is 11.3 Å². The number of benzene rings is 1. The maximum atomic E-state index is 5.73. The largest absolute Gasteiger partial charge is 0.494 e. The van der Waals surface area contributed by atoms with E-state index in [-0.39, 0.29) is 0 Å². The molecular weight excluding hydrogens is 284 g/mol. The first-order chi connectivity index (χ1) is 10.2. The quantitative estimate of drug-likeness (QED) is 0.809. The van der Waals surface area contributed by atoms with Gasteiger partial charge >= 0.3 is 0 Å².